The Morgan fingerprint density at radius 3 is 2.50 bits per heavy atom. The highest BCUT2D eigenvalue weighted by molar-refractivity contribution is 5.94. The van der Waals surface area contributed by atoms with Crippen molar-refractivity contribution in [2.75, 3.05) is 18.4 Å². The minimum absolute atomic E-state index is 0.0926. The number of anilines is 1. The molecule has 0 spiro atoms. The molecule has 0 radical (unpaired) electrons. The van der Waals surface area contributed by atoms with Gasteiger partial charge in [-0.05, 0) is 36.4 Å². The zero-order valence-electron chi connectivity index (χ0n) is 13.5. The molecule has 6 nitrogen and oxygen atoms in total. The molecule has 0 fully saturated rings. The summed E-state index contributed by atoms with van der Waals surface area (Å²) in [6, 6.07) is 7.66. The van der Waals surface area contributed by atoms with Gasteiger partial charge in [0.2, 0.25) is 5.43 Å². The van der Waals surface area contributed by atoms with Gasteiger partial charge in [-0.1, -0.05) is 0 Å². The van der Waals surface area contributed by atoms with Gasteiger partial charge in [-0.3, -0.25) is 4.79 Å². The number of carbonyl (C=O) groups is 1. The largest absolute Gasteiger partial charge is 0.477 e. The standard InChI is InChI=1S/C18H15F2N3O3/c19-10-1-3-11(4-2-10)23-9-13(18(25)26)17(24)12-7-14(20)15(8-16(12)23)22-6-5-21/h1-4,7-9,22H,5-6,21H2,(H,25,26). The molecular formula is C18H15F2N3O3. The van der Waals surface area contributed by atoms with Gasteiger partial charge in [-0.2, -0.15) is 0 Å². The minimum Gasteiger partial charge on any atom is -0.477 e. The molecule has 0 aliphatic heterocycles. The fraction of sp³-hybridized carbons (Fsp3) is 0.111. The molecule has 1 aromatic heterocycles. The SMILES string of the molecule is NCCNc1cc2c(cc1F)c(=O)c(C(=O)O)cn2-c1ccc(F)cc1. The fourth-order valence-electron chi connectivity index (χ4n) is 2.66. The van der Waals surface area contributed by atoms with Crippen LogP contribution >= 0.6 is 0 Å². The maximum Gasteiger partial charge on any atom is 0.341 e. The van der Waals surface area contributed by atoms with E-state index in [0.717, 1.165) is 12.3 Å². The number of aromatic nitrogens is 1. The van der Waals surface area contributed by atoms with Gasteiger partial charge < -0.3 is 20.7 Å². The van der Waals surface area contributed by atoms with Crippen molar-refractivity contribution >= 4 is 22.6 Å². The van der Waals surface area contributed by atoms with E-state index in [1.165, 1.54) is 34.9 Å². The molecule has 0 aliphatic carbocycles. The zero-order chi connectivity index (χ0) is 18.8. The first-order chi connectivity index (χ1) is 12.4. The Kier molecular flexibility index (Phi) is 4.68. The van der Waals surface area contributed by atoms with E-state index in [1.807, 2.05) is 0 Å². The number of nitrogens with one attached hydrogen (secondary N) is 1. The van der Waals surface area contributed by atoms with Crippen molar-refractivity contribution < 1.29 is 18.7 Å². The molecule has 3 aromatic rings. The molecule has 1 heterocycles. The van der Waals surface area contributed by atoms with E-state index in [0.29, 0.717) is 12.2 Å². The third-order valence-electron chi connectivity index (χ3n) is 3.89. The van der Waals surface area contributed by atoms with Crippen molar-refractivity contribution in [2.24, 2.45) is 5.73 Å². The Balaban J connectivity index is 2.35. The molecule has 8 heteroatoms. The number of nitrogens with zero attached hydrogens (tertiary/aromatic N) is 1. The molecule has 3 rings (SSSR count). The smallest absolute Gasteiger partial charge is 0.341 e. The number of pyridine rings is 1. The minimum atomic E-state index is -1.43. The summed E-state index contributed by atoms with van der Waals surface area (Å²) in [6.07, 6.45) is 1.14. The Bertz CT molecular complexity index is 1050. The number of hydrogen-bond acceptors (Lipinski definition) is 4. The van der Waals surface area contributed by atoms with Crippen LogP contribution in [-0.2, 0) is 0 Å². The van der Waals surface area contributed by atoms with Crippen LogP contribution in [0.2, 0.25) is 0 Å². The number of fused-ring (bicyclic) bond motifs is 1. The van der Waals surface area contributed by atoms with Gasteiger partial charge in [-0.15, -0.1) is 0 Å². The topological polar surface area (TPSA) is 97.3 Å². The second kappa shape index (κ2) is 6.93. The van der Waals surface area contributed by atoms with Crippen molar-refractivity contribution in [1.29, 1.82) is 0 Å². The summed E-state index contributed by atoms with van der Waals surface area (Å²) >= 11 is 0. The highest BCUT2D eigenvalue weighted by atomic mass is 19.1. The number of aromatic carboxylic acids is 1. The highest BCUT2D eigenvalue weighted by Crippen LogP contribution is 2.24. The van der Waals surface area contributed by atoms with Gasteiger partial charge in [0, 0.05) is 30.4 Å². The molecule has 0 saturated carbocycles. The van der Waals surface area contributed by atoms with Gasteiger partial charge in [0.15, 0.2) is 0 Å². The highest BCUT2D eigenvalue weighted by Gasteiger charge is 2.17. The molecule has 0 unspecified atom stereocenters. The zero-order valence-corrected chi connectivity index (χ0v) is 13.5. The number of rotatable bonds is 5. The molecule has 0 saturated heterocycles. The van der Waals surface area contributed by atoms with Gasteiger partial charge >= 0.3 is 5.97 Å². The van der Waals surface area contributed by atoms with Crippen LogP contribution in [0.3, 0.4) is 0 Å². The Morgan fingerprint density at radius 2 is 1.88 bits per heavy atom. The van der Waals surface area contributed by atoms with Crippen LogP contribution in [0.15, 0.2) is 47.4 Å². The van der Waals surface area contributed by atoms with Gasteiger partial charge in [0.1, 0.15) is 17.2 Å². The van der Waals surface area contributed by atoms with Crippen molar-refractivity contribution in [3.05, 3.63) is 70.0 Å². The summed E-state index contributed by atoms with van der Waals surface area (Å²) in [5.74, 6) is -2.59. The Morgan fingerprint density at radius 1 is 1.19 bits per heavy atom. The van der Waals surface area contributed by atoms with Crippen LogP contribution in [0.25, 0.3) is 16.6 Å². The number of hydrogen-bond donors (Lipinski definition) is 3. The Hall–Kier alpha value is -3.26. The number of halogens is 2. The van der Waals surface area contributed by atoms with Crippen LogP contribution in [0, 0.1) is 11.6 Å². The van der Waals surface area contributed by atoms with Crippen molar-refractivity contribution in [2.45, 2.75) is 0 Å². The van der Waals surface area contributed by atoms with Crippen LogP contribution in [0.5, 0.6) is 0 Å². The van der Waals surface area contributed by atoms with Crippen LogP contribution in [-0.4, -0.2) is 28.7 Å². The third kappa shape index (κ3) is 3.14. The summed E-state index contributed by atoms with van der Waals surface area (Å²) in [6.45, 7) is 0.594. The second-order valence-corrected chi connectivity index (χ2v) is 5.59. The molecule has 2 aromatic carbocycles. The summed E-state index contributed by atoms with van der Waals surface area (Å²) in [5.41, 5.74) is 4.94. The van der Waals surface area contributed by atoms with Gasteiger partial charge in [-0.25, -0.2) is 13.6 Å². The predicted molar refractivity (Wildman–Crippen MR) is 94.0 cm³/mol. The number of carboxylic acids is 1. The number of carboxylic acid groups (broad SMARTS) is 1. The fourth-order valence-corrected chi connectivity index (χ4v) is 2.66. The average Bonchev–Trinajstić information content (AvgIpc) is 2.61. The lowest BCUT2D eigenvalue weighted by Gasteiger charge is -2.15. The molecule has 4 N–H and O–H groups in total. The van der Waals surface area contributed by atoms with Crippen molar-refractivity contribution in [3.63, 3.8) is 0 Å². The molecule has 0 aliphatic rings. The van der Waals surface area contributed by atoms with E-state index in [-0.39, 0.29) is 23.1 Å². The Labute approximate surface area is 146 Å². The summed E-state index contributed by atoms with van der Waals surface area (Å²) in [5, 5.41) is 12.0. The third-order valence-corrected chi connectivity index (χ3v) is 3.89. The molecular weight excluding hydrogens is 344 g/mol. The quantitative estimate of drug-likeness (QED) is 0.650. The van der Waals surface area contributed by atoms with E-state index in [2.05, 4.69) is 5.32 Å². The van der Waals surface area contributed by atoms with E-state index in [9.17, 15) is 23.5 Å². The lowest BCUT2D eigenvalue weighted by Crippen LogP contribution is -2.19. The molecule has 134 valence electrons. The van der Waals surface area contributed by atoms with E-state index in [1.54, 1.807) is 0 Å². The monoisotopic (exact) mass is 359 g/mol. The summed E-state index contributed by atoms with van der Waals surface area (Å²) in [7, 11) is 0. The van der Waals surface area contributed by atoms with Crippen LogP contribution in [0.1, 0.15) is 10.4 Å². The number of nitrogens with two attached hydrogens (primary N) is 1. The first-order valence-corrected chi connectivity index (χ1v) is 7.74. The summed E-state index contributed by atoms with van der Waals surface area (Å²) in [4.78, 5) is 23.8. The molecule has 0 amide bonds. The molecule has 0 bridgehead atoms. The number of benzene rings is 2. The lowest BCUT2D eigenvalue weighted by atomic mass is 10.1. The maximum absolute atomic E-state index is 14.3. The second-order valence-electron chi connectivity index (χ2n) is 5.59. The predicted octanol–water partition coefficient (Wildman–Crippen LogP) is 2.34. The van der Waals surface area contributed by atoms with Crippen LogP contribution < -0.4 is 16.5 Å². The van der Waals surface area contributed by atoms with Crippen molar-refractivity contribution in [3.8, 4) is 5.69 Å². The van der Waals surface area contributed by atoms with Crippen LogP contribution in [0.4, 0.5) is 14.5 Å². The molecule has 0 atom stereocenters. The first kappa shape index (κ1) is 17.6. The summed E-state index contributed by atoms with van der Waals surface area (Å²) < 4.78 is 28.9. The van der Waals surface area contributed by atoms with Gasteiger partial charge in [0.25, 0.3) is 0 Å². The lowest BCUT2D eigenvalue weighted by molar-refractivity contribution is 0.0695. The normalized spacial score (nSPS) is 10.9. The van der Waals surface area contributed by atoms with E-state index >= 15 is 0 Å². The van der Waals surface area contributed by atoms with E-state index < -0.39 is 28.6 Å². The molecule has 26 heavy (non-hydrogen) atoms. The van der Waals surface area contributed by atoms with E-state index in [4.69, 9.17) is 5.73 Å². The maximum atomic E-state index is 14.3. The average molecular weight is 359 g/mol. The van der Waals surface area contributed by atoms with Gasteiger partial charge in [0.05, 0.1) is 11.2 Å². The first-order valence-electron chi connectivity index (χ1n) is 7.74. The van der Waals surface area contributed by atoms with Crippen molar-refractivity contribution in [1.82, 2.24) is 4.57 Å².